The van der Waals surface area contributed by atoms with Crippen molar-refractivity contribution >= 4 is 11.9 Å². The van der Waals surface area contributed by atoms with Gasteiger partial charge in [-0.3, -0.25) is 4.79 Å². The van der Waals surface area contributed by atoms with Crippen LogP contribution in [0.5, 0.6) is 0 Å². The highest BCUT2D eigenvalue weighted by molar-refractivity contribution is 5.93. The van der Waals surface area contributed by atoms with E-state index in [-0.39, 0.29) is 16.7 Å². The van der Waals surface area contributed by atoms with E-state index in [1.54, 1.807) is 0 Å². The fourth-order valence-corrected chi connectivity index (χ4v) is 5.71. The van der Waals surface area contributed by atoms with Gasteiger partial charge in [0.2, 0.25) is 5.91 Å². The lowest BCUT2D eigenvalue weighted by Gasteiger charge is -2.55. The highest BCUT2D eigenvalue weighted by Gasteiger charge is 2.51. The maximum absolute atomic E-state index is 12.0. The van der Waals surface area contributed by atoms with Crippen molar-refractivity contribution in [1.82, 2.24) is 5.32 Å². The largest absolute Gasteiger partial charge is 0.478 e. The second kappa shape index (κ2) is 7.73. The summed E-state index contributed by atoms with van der Waals surface area (Å²) < 4.78 is 0. The van der Waals surface area contributed by atoms with Crippen molar-refractivity contribution in [2.45, 2.75) is 71.1 Å². The van der Waals surface area contributed by atoms with Gasteiger partial charge in [0.15, 0.2) is 0 Å². The predicted octanol–water partition coefficient (Wildman–Crippen LogP) is 4.58. The first-order chi connectivity index (χ1) is 13.2. The van der Waals surface area contributed by atoms with E-state index >= 15 is 0 Å². The Balaban J connectivity index is 1.82. The summed E-state index contributed by atoms with van der Waals surface area (Å²) in [5.41, 5.74) is 4.57. The molecular weight excluding hydrogens is 350 g/mol. The number of benzene rings is 1. The first-order valence-electron chi connectivity index (χ1n) is 10.5. The second-order valence-corrected chi connectivity index (χ2v) is 9.48. The summed E-state index contributed by atoms with van der Waals surface area (Å²) in [5.74, 6) is -0.374. The Bertz CT molecular complexity index is 797. The molecule has 2 aliphatic rings. The summed E-state index contributed by atoms with van der Waals surface area (Å²) in [6, 6.07) is 7.06. The van der Waals surface area contributed by atoms with Crippen LogP contribution in [0.4, 0.5) is 0 Å². The summed E-state index contributed by atoms with van der Waals surface area (Å²) in [7, 11) is 0. The number of carboxylic acid groups (broad SMARTS) is 1. The molecule has 3 rings (SSSR count). The van der Waals surface area contributed by atoms with Crippen LogP contribution in [-0.4, -0.2) is 23.5 Å². The van der Waals surface area contributed by atoms with Crippen LogP contribution in [0.15, 0.2) is 30.4 Å². The molecule has 1 aromatic carbocycles. The lowest BCUT2D eigenvalue weighted by molar-refractivity contribution is -0.131. The molecule has 28 heavy (non-hydrogen) atoms. The molecule has 0 unspecified atom stereocenters. The van der Waals surface area contributed by atoms with Gasteiger partial charge in [-0.15, -0.1) is 0 Å². The summed E-state index contributed by atoms with van der Waals surface area (Å²) in [4.78, 5) is 22.6. The van der Waals surface area contributed by atoms with Crippen LogP contribution in [-0.2, 0) is 21.4 Å². The number of fused-ring (bicyclic) bond motifs is 3. The van der Waals surface area contributed by atoms with Crippen molar-refractivity contribution in [2.75, 3.05) is 6.54 Å². The van der Waals surface area contributed by atoms with E-state index in [1.165, 1.54) is 23.1 Å². The third-order valence-corrected chi connectivity index (χ3v) is 7.21. The molecule has 0 bridgehead atoms. The van der Waals surface area contributed by atoms with Gasteiger partial charge in [-0.2, -0.15) is 0 Å². The third-order valence-electron chi connectivity index (χ3n) is 7.21. The zero-order chi connectivity index (χ0) is 20.5. The number of aryl methyl sites for hydroxylation is 1. The maximum atomic E-state index is 12.0. The fraction of sp³-hybridized carbons (Fsp3) is 0.583. The monoisotopic (exact) mass is 383 g/mol. The van der Waals surface area contributed by atoms with E-state index in [0.717, 1.165) is 37.8 Å². The van der Waals surface area contributed by atoms with E-state index in [1.807, 2.05) is 0 Å². The van der Waals surface area contributed by atoms with E-state index in [2.05, 4.69) is 51.2 Å². The number of nitrogens with one attached hydrogen (secondary N) is 1. The van der Waals surface area contributed by atoms with Gasteiger partial charge in [0.1, 0.15) is 0 Å². The summed E-state index contributed by atoms with van der Waals surface area (Å²) in [5, 5.41) is 11.7. The Hall–Kier alpha value is -2.10. The number of rotatable bonds is 5. The third kappa shape index (κ3) is 3.87. The lowest BCUT2D eigenvalue weighted by atomic mass is 9.49. The molecule has 1 aromatic rings. The average Bonchev–Trinajstić information content (AvgIpc) is 2.64. The number of aliphatic carboxylic acids is 1. The van der Waals surface area contributed by atoms with Gasteiger partial charge < -0.3 is 10.4 Å². The van der Waals surface area contributed by atoms with Crippen LogP contribution in [0.25, 0.3) is 0 Å². The van der Waals surface area contributed by atoms with E-state index in [4.69, 9.17) is 5.11 Å². The number of amides is 1. The SMILES string of the molecule is CC(C)c1ccc2c(c1)CC[C@@H]1[C@@](C)(CNC(=O)/C=C/C(=O)O)CCC[C@@]21C. The van der Waals surface area contributed by atoms with Gasteiger partial charge >= 0.3 is 5.97 Å². The Morgan fingerprint density at radius 1 is 1.25 bits per heavy atom. The minimum absolute atomic E-state index is 0.0220. The molecule has 1 fully saturated rings. The van der Waals surface area contributed by atoms with Crippen molar-refractivity contribution < 1.29 is 14.7 Å². The molecule has 0 spiro atoms. The van der Waals surface area contributed by atoms with Gasteiger partial charge in [0.25, 0.3) is 0 Å². The van der Waals surface area contributed by atoms with Crippen molar-refractivity contribution in [2.24, 2.45) is 11.3 Å². The van der Waals surface area contributed by atoms with Crippen LogP contribution in [0.2, 0.25) is 0 Å². The van der Waals surface area contributed by atoms with Crippen LogP contribution in [0.1, 0.15) is 76.0 Å². The molecule has 0 radical (unpaired) electrons. The summed E-state index contributed by atoms with van der Waals surface area (Å²) in [6.45, 7) is 9.79. The van der Waals surface area contributed by atoms with Gasteiger partial charge in [-0.05, 0) is 65.0 Å². The molecule has 152 valence electrons. The fourth-order valence-electron chi connectivity index (χ4n) is 5.71. The predicted molar refractivity (Wildman–Crippen MR) is 111 cm³/mol. The number of hydrogen-bond acceptors (Lipinski definition) is 2. The first kappa shape index (κ1) is 20.6. The van der Waals surface area contributed by atoms with Gasteiger partial charge in [-0.1, -0.05) is 52.3 Å². The molecule has 0 aromatic heterocycles. The van der Waals surface area contributed by atoms with Crippen molar-refractivity contribution in [3.63, 3.8) is 0 Å². The highest BCUT2D eigenvalue weighted by atomic mass is 16.4. The maximum Gasteiger partial charge on any atom is 0.328 e. The molecule has 4 nitrogen and oxygen atoms in total. The minimum Gasteiger partial charge on any atom is -0.478 e. The summed E-state index contributed by atoms with van der Waals surface area (Å²) in [6.07, 6.45) is 7.67. The normalized spacial score (nSPS) is 29.4. The molecule has 3 atom stereocenters. The molecule has 4 heteroatoms. The number of carbonyl (C=O) groups excluding carboxylic acids is 1. The molecule has 2 aliphatic carbocycles. The quantitative estimate of drug-likeness (QED) is 0.732. The Kier molecular flexibility index (Phi) is 5.69. The van der Waals surface area contributed by atoms with Crippen LogP contribution < -0.4 is 5.32 Å². The van der Waals surface area contributed by atoms with Gasteiger partial charge in [-0.25, -0.2) is 4.79 Å². The van der Waals surface area contributed by atoms with E-state index < -0.39 is 5.97 Å². The van der Waals surface area contributed by atoms with E-state index in [0.29, 0.717) is 18.4 Å². The van der Waals surface area contributed by atoms with Crippen molar-refractivity contribution in [1.29, 1.82) is 0 Å². The molecule has 1 saturated carbocycles. The number of carbonyl (C=O) groups is 2. The molecular formula is C24H33NO3. The minimum atomic E-state index is -1.10. The molecule has 0 saturated heterocycles. The topological polar surface area (TPSA) is 66.4 Å². The Morgan fingerprint density at radius 2 is 2.00 bits per heavy atom. The van der Waals surface area contributed by atoms with E-state index in [9.17, 15) is 9.59 Å². The first-order valence-corrected chi connectivity index (χ1v) is 10.5. The van der Waals surface area contributed by atoms with Gasteiger partial charge in [0, 0.05) is 18.7 Å². The Labute approximate surface area is 168 Å². The Morgan fingerprint density at radius 3 is 2.68 bits per heavy atom. The molecule has 1 amide bonds. The average molecular weight is 384 g/mol. The zero-order valence-electron chi connectivity index (χ0n) is 17.5. The highest BCUT2D eigenvalue weighted by Crippen LogP contribution is 2.57. The standard InChI is InChI=1S/C24H33NO3/c1-16(2)17-6-8-19-18(14-17)7-9-20-23(3,12-5-13-24(19,20)4)15-25-21(26)10-11-22(27)28/h6,8,10-11,14,16,20H,5,7,9,12-13,15H2,1-4H3,(H,25,26)(H,27,28)/b11-10+/t20-,23-,24+/m1/s1. The van der Waals surface area contributed by atoms with Crippen LogP contribution in [0, 0.1) is 11.3 Å². The van der Waals surface area contributed by atoms with Crippen LogP contribution >= 0.6 is 0 Å². The lowest BCUT2D eigenvalue weighted by Crippen LogP contribution is -2.53. The molecule has 2 N–H and O–H groups in total. The van der Waals surface area contributed by atoms with Crippen molar-refractivity contribution in [3.8, 4) is 0 Å². The number of hydrogen-bond donors (Lipinski definition) is 2. The summed E-state index contributed by atoms with van der Waals surface area (Å²) >= 11 is 0. The number of carboxylic acids is 1. The molecule has 0 heterocycles. The van der Waals surface area contributed by atoms with Crippen molar-refractivity contribution in [3.05, 3.63) is 47.0 Å². The zero-order valence-corrected chi connectivity index (χ0v) is 17.5. The second-order valence-electron chi connectivity index (χ2n) is 9.48. The smallest absolute Gasteiger partial charge is 0.328 e. The molecule has 0 aliphatic heterocycles. The van der Waals surface area contributed by atoms with Gasteiger partial charge in [0.05, 0.1) is 0 Å². The van der Waals surface area contributed by atoms with Crippen LogP contribution in [0.3, 0.4) is 0 Å².